The Kier molecular flexibility index (Phi) is 12.6. The average molecular weight is 647 g/mol. The first kappa shape index (κ1) is 35.1. The van der Waals surface area contributed by atoms with Crippen LogP contribution >= 0.6 is 0 Å². The molecule has 5 rings (SSSR count). The minimum absolute atomic E-state index is 0.0828. The summed E-state index contributed by atoms with van der Waals surface area (Å²) in [7, 11) is 1.53. The van der Waals surface area contributed by atoms with Crippen molar-refractivity contribution in [2.24, 2.45) is 0 Å². The van der Waals surface area contributed by atoms with Crippen LogP contribution in [0.5, 0.6) is 5.75 Å². The van der Waals surface area contributed by atoms with Crippen molar-refractivity contribution in [3.05, 3.63) is 138 Å². The molecule has 0 radical (unpaired) electrons. The van der Waals surface area contributed by atoms with Crippen LogP contribution in [0, 0.1) is 12.3 Å². The molecule has 10 heteroatoms. The third kappa shape index (κ3) is 9.38. The Balaban J connectivity index is 0.00000123. The van der Waals surface area contributed by atoms with Gasteiger partial charge in [-0.2, -0.15) is 0 Å². The van der Waals surface area contributed by atoms with Crippen molar-refractivity contribution in [1.29, 1.82) is 5.41 Å². The van der Waals surface area contributed by atoms with Crippen LogP contribution in [0.2, 0.25) is 0 Å². The highest BCUT2D eigenvalue weighted by molar-refractivity contribution is 6.16. The van der Waals surface area contributed by atoms with Crippen molar-refractivity contribution in [3.8, 4) is 5.75 Å². The summed E-state index contributed by atoms with van der Waals surface area (Å²) in [5.74, 6) is 0.681. The topological polar surface area (TPSA) is 152 Å². The second-order valence-electron chi connectivity index (χ2n) is 11.3. The number of amides is 1. The molecule has 4 aromatic rings. The van der Waals surface area contributed by atoms with Gasteiger partial charge >= 0.3 is 5.97 Å². The highest BCUT2D eigenvalue weighted by Gasteiger charge is 2.26. The second-order valence-corrected chi connectivity index (χ2v) is 11.3. The number of aryl methyl sites for hydroxylation is 1. The monoisotopic (exact) mass is 646 g/mol. The number of aromatic nitrogens is 2. The van der Waals surface area contributed by atoms with Crippen molar-refractivity contribution in [2.45, 2.75) is 51.3 Å². The molecule has 1 saturated carbocycles. The number of hydrogen-bond donors (Lipinski definition) is 4. The molecule has 1 aliphatic carbocycles. The Hall–Kier alpha value is -5.77. The van der Waals surface area contributed by atoms with Crippen molar-refractivity contribution in [1.82, 2.24) is 15.3 Å². The number of nitrogens with zero attached hydrogens (tertiary/aromatic N) is 2. The zero-order valence-corrected chi connectivity index (χ0v) is 27.4. The maximum atomic E-state index is 12.6. The van der Waals surface area contributed by atoms with Crippen LogP contribution in [-0.4, -0.2) is 46.8 Å². The molecule has 0 aliphatic heterocycles. The number of allylic oxidation sites excluding steroid dienone is 2. The van der Waals surface area contributed by atoms with Gasteiger partial charge in [0.25, 0.3) is 5.91 Å². The van der Waals surface area contributed by atoms with Gasteiger partial charge in [0.1, 0.15) is 29.8 Å². The average Bonchev–Trinajstić information content (AvgIpc) is 3.11. The maximum Gasteiger partial charge on any atom is 0.338 e. The summed E-state index contributed by atoms with van der Waals surface area (Å²) in [6.07, 6.45) is 7.51. The quantitative estimate of drug-likeness (QED) is 0.0802. The van der Waals surface area contributed by atoms with E-state index in [0.29, 0.717) is 40.4 Å². The molecule has 5 N–H and O–H groups in total. The number of para-hydroxylation sites is 1. The third-order valence-electron chi connectivity index (χ3n) is 7.92. The number of nitrogens with two attached hydrogens (primary N) is 1. The molecule has 10 nitrogen and oxygen atoms in total. The lowest BCUT2D eigenvalue weighted by molar-refractivity contribution is 0.0202. The highest BCUT2D eigenvalue weighted by Crippen LogP contribution is 2.28. The number of carbonyl (C=O) groups is 2. The normalized spacial score (nSPS) is 15.1. The molecule has 0 atom stereocenters. The molecule has 0 unspecified atom stereocenters. The van der Waals surface area contributed by atoms with Crippen LogP contribution in [0.25, 0.3) is 0 Å². The van der Waals surface area contributed by atoms with E-state index < -0.39 is 0 Å². The van der Waals surface area contributed by atoms with Gasteiger partial charge in [-0.25, -0.2) is 14.8 Å². The van der Waals surface area contributed by atoms with Crippen LogP contribution in [-0.2, 0) is 11.3 Å². The fourth-order valence-corrected chi connectivity index (χ4v) is 5.23. The number of methoxy groups -OCH3 is 1. The lowest BCUT2D eigenvalue weighted by Crippen LogP contribution is -2.32. The van der Waals surface area contributed by atoms with Gasteiger partial charge in [-0.1, -0.05) is 79.4 Å². The van der Waals surface area contributed by atoms with Crippen LogP contribution in [0.15, 0.2) is 104 Å². The van der Waals surface area contributed by atoms with Gasteiger partial charge in [-0.05, 0) is 62.4 Å². The van der Waals surface area contributed by atoms with E-state index in [4.69, 9.17) is 20.6 Å². The van der Waals surface area contributed by atoms with Crippen molar-refractivity contribution in [2.75, 3.05) is 18.2 Å². The van der Waals surface area contributed by atoms with E-state index >= 15 is 0 Å². The number of ether oxygens (including phenoxy) is 2. The van der Waals surface area contributed by atoms with Gasteiger partial charge in [-0.3, -0.25) is 10.2 Å². The Morgan fingerprint density at radius 2 is 1.58 bits per heavy atom. The lowest BCUT2D eigenvalue weighted by Gasteiger charge is -2.29. The fraction of sp³-hybridized carbons (Fsp3) is 0.237. The predicted molar refractivity (Wildman–Crippen MR) is 190 cm³/mol. The smallest absolute Gasteiger partial charge is 0.338 e. The van der Waals surface area contributed by atoms with Crippen molar-refractivity contribution in [3.63, 3.8) is 0 Å². The minimum atomic E-state index is -0.300. The molecule has 48 heavy (non-hydrogen) atoms. The number of nitrogen functional groups attached to an aromatic ring is 1. The Morgan fingerprint density at radius 1 is 0.938 bits per heavy atom. The van der Waals surface area contributed by atoms with Gasteiger partial charge in [0.15, 0.2) is 0 Å². The zero-order chi connectivity index (χ0) is 34.5. The largest absolute Gasteiger partial charge is 0.496 e. The van der Waals surface area contributed by atoms with E-state index in [2.05, 4.69) is 33.8 Å². The zero-order valence-electron chi connectivity index (χ0n) is 27.4. The van der Waals surface area contributed by atoms with Crippen LogP contribution in [0.4, 0.5) is 11.6 Å². The molecule has 3 aromatic carbocycles. The summed E-state index contributed by atoms with van der Waals surface area (Å²) in [6, 6.07) is 21.9. The molecule has 1 aliphatic rings. The Bertz CT molecular complexity index is 1720. The van der Waals surface area contributed by atoms with Gasteiger partial charge < -0.3 is 25.8 Å². The minimum Gasteiger partial charge on any atom is -0.496 e. The molecule has 1 fully saturated rings. The molecule has 1 heterocycles. The van der Waals surface area contributed by atoms with Gasteiger partial charge in [0.05, 0.1) is 29.5 Å². The standard InChI is InChI=1S/C34H36N6O4.C4H6/c1-21-7-11-24(12-8-21)34(42)44-26-17-15-25(16-18-26)40-32-29(31(36)38-20-39-32)30(35)23-13-9-22(10-14-23)19-37-33(41)27-5-3-4-6-28(27)43-2;1-3-4-2/h3-14,20,25-26,35H,15-19H2,1-2H3,(H,37,41)(H3,36,38,39,40);3-4H,1-2H2. The fourth-order valence-electron chi connectivity index (χ4n) is 5.23. The molecule has 1 amide bonds. The van der Waals surface area contributed by atoms with E-state index in [1.54, 1.807) is 42.5 Å². The number of hydrogen-bond acceptors (Lipinski definition) is 9. The lowest BCUT2D eigenvalue weighted by atomic mass is 9.92. The first-order valence-electron chi connectivity index (χ1n) is 15.7. The number of carbonyl (C=O) groups excluding carboxylic acids is 2. The summed E-state index contributed by atoms with van der Waals surface area (Å²) < 4.78 is 11.0. The van der Waals surface area contributed by atoms with Crippen molar-refractivity contribution < 1.29 is 19.1 Å². The Labute approximate surface area is 281 Å². The first-order chi connectivity index (χ1) is 23.2. The maximum absolute atomic E-state index is 12.6. The SMILES string of the molecule is C=CC=C.COc1ccccc1C(=O)NCc1ccc(C(=N)c2c(N)ncnc2NC2CCC(OC(=O)c3ccc(C)cc3)CC2)cc1. The summed E-state index contributed by atoms with van der Waals surface area (Å²) >= 11 is 0. The number of nitrogens with one attached hydrogen (secondary N) is 3. The van der Waals surface area contributed by atoms with Crippen LogP contribution in [0.1, 0.15) is 68.7 Å². The van der Waals surface area contributed by atoms with Crippen LogP contribution < -0.4 is 21.1 Å². The van der Waals surface area contributed by atoms with E-state index in [0.717, 1.165) is 36.8 Å². The number of anilines is 2. The van der Waals surface area contributed by atoms with Gasteiger partial charge in [0.2, 0.25) is 0 Å². The number of esters is 1. The Morgan fingerprint density at radius 3 is 2.23 bits per heavy atom. The van der Waals surface area contributed by atoms with E-state index in [1.165, 1.54) is 13.4 Å². The number of benzene rings is 3. The summed E-state index contributed by atoms with van der Waals surface area (Å²) in [5, 5.41) is 15.3. The third-order valence-corrected chi connectivity index (χ3v) is 7.92. The predicted octanol–water partition coefficient (Wildman–Crippen LogP) is 6.66. The molecule has 248 valence electrons. The summed E-state index contributed by atoms with van der Waals surface area (Å²) in [6.45, 7) is 9.02. The van der Waals surface area contributed by atoms with Gasteiger partial charge in [0, 0.05) is 18.2 Å². The molecule has 1 aromatic heterocycles. The summed E-state index contributed by atoms with van der Waals surface area (Å²) in [4.78, 5) is 33.7. The van der Waals surface area contributed by atoms with Crippen molar-refractivity contribution >= 4 is 29.2 Å². The summed E-state index contributed by atoms with van der Waals surface area (Å²) in [5.41, 5.74) is 10.5. The van der Waals surface area contributed by atoms with E-state index in [1.807, 2.05) is 49.4 Å². The number of rotatable bonds is 11. The van der Waals surface area contributed by atoms with Crippen LogP contribution in [0.3, 0.4) is 0 Å². The highest BCUT2D eigenvalue weighted by atomic mass is 16.5. The molecule has 0 saturated heterocycles. The molecule has 0 bridgehead atoms. The molecular formula is C38H42N6O4. The molecular weight excluding hydrogens is 604 g/mol. The van der Waals surface area contributed by atoms with E-state index in [9.17, 15) is 9.59 Å². The van der Waals surface area contributed by atoms with Gasteiger partial charge in [-0.15, -0.1) is 0 Å². The molecule has 0 spiro atoms. The van der Waals surface area contributed by atoms with E-state index in [-0.39, 0.29) is 35.6 Å². The second kappa shape index (κ2) is 17.2. The first-order valence-corrected chi connectivity index (χ1v) is 15.7.